The number of anilines is 1. The number of nitrogens with zero attached hydrogens (tertiary/aromatic N) is 3. The molecule has 1 amide bonds. The highest BCUT2D eigenvalue weighted by Gasteiger charge is 2.21. The summed E-state index contributed by atoms with van der Waals surface area (Å²) >= 11 is 0. The van der Waals surface area contributed by atoms with Gasteiger partial charge in [0.05, 0.1) is 22.8 Å². The molecule has 1 saturated carbocycles. The van der Waals surface area contributed by atoms with E-state index in [1.807, 2.05) is 13.2 Å². The standard InChI is InChI=1S/C20H31N5O/c1-4-14(5-2)11-22-20(26)17-12-21-19-16(13-23-25(19)3)18(17)24-15-9-7-6-8-10-15/h12-15H,4-11H2,1-3H3,(H,21,24)(H,22,26). The lowest BCUT2D eigenvalue weighted by molar-refractivity contribution is 0.0947. The van der Waals surface area contributed by atoms with E-state index in [0.29, 0.717) is 24.1 Å². The number of aryl methyl sites for hydroxylation is 1. The van der Waals surface area contributed by atoms with Crippen LogP contribution in [-0.4, -0.2) is 33.3 Å². The molecular formula is C20H31N5O. The number of carbonyl (C=O) groups is 1. The van der Waals surface area contributed by atoms with E-state index in [4.69, 9.17) is 0 Å². The van der Waals surface area contributed by atoms with E-state index in [1.165, 1.54) is 19.3 Å². The molecule has 0 saturated heterocycles. The average Bonchev–Trinajstić information content (AvgIpc) is 3.05. The van der Waals surface area contributed by atoms with Crippen molar-refractivity contribution < 1.29 is 4.79 Å². The van der Waals surface area contributed by atoms with Gasteiger partial charge in [-0.1, -0.05) is 46.0 Å². The maximum Gasteiger partial charge on any atom is 0.254 e. The van der Waals surface area contributed by atoms with Crippen LogP contribution in [0.3, 0.4) is 0 Å². The number of amides is 1. The van der Waals surface area contributed by atoms with Crippen molar-refractivity contribution in [3.8, 4) is 0 Å². The zero-order chi connectivity index (χ0) is 18.5. The minimum Gasteiger partial charge on any atom is -0.381 e. The first-order valence-electron chi connectivity index (χ1n) is 9.99. The predicted octanol–water partition coefficient (Wildman–Crippen LogP) is 3.88. The molecule has 0 radical (unpaired) electrons. The van der Waals surface area contributed by atoms with Gasteiger partial charge in [-0.3, -0.25) is 9.48 Å². The SMILES string of the molecule is CCC(CC)CNC(=O)c1cnc2c(cnn2C)c1NC1CCCCC1. The third-order valence-corrected chi connectivity index (χ3v) is 5.67. The first-order chi connectivity index (χ1) is 12.6. The van der Waals surface area contributed by atoms with Crippen molar-refractivity contribution in [2.24, 2.45) is 13.0 Å². The summed E-state index contributed by atoms with van der Waals surface area (Å²) in [6.45, 7) is 5.04. The van der Waals surface area contributed by atoms with Crippen molar-refractivity contribution in [1.29, 1.82) is 0 Å². The van der Waals surface area contributed by atoms with Crippen molar-refractivity contribution in [3.05, 3.63) is 18.0 Å². The smallest absolute Gasteiger partial charge is 0.254 e. The molecule has 0 aromatic carbocycles. The number of hydrogen-bond donors (Lipinski definition) is 2. The van der Waals surface area contributed by atoms with Crippen LogP contribution in [0.15, 0.2) is 12.4 Å². The molecule has 6 heteroatoms. The van der Waals surface area contributed by atoms with E-state index in [9.17, 15) is 4.79 Å². The molecule has 3 rings (SSSR count). The summed E-state index contributed by atoms with van der Waals surface area (Å²) < 4.78 is 1.76. The molecule has 1 aliphatic rings. The molecule has 1 fully saturated rings. The highest BCUT2D eigenvalue weighted by Crippen LogP contribution is 2.29. The van der Waals surface area contributed by atoms with Crippen LogP contribution in [0, 0.1) is 5.92 Å². The van der Waals surface area contributed by atoms with Crippen molar-refractivity contribution >= 4 is 22.6 Å². The van der Waals surface area contributed by atoms with Crippen LogP contribution in [0.2, 0.25) is 0 Å². The van der Waals surface area contributed by atoms with Crippen LogP contribution in [0.1, 0.15) is 69.2 Å². The Bertz CT molecular complexity index is 744. The molecule has 26 heavy (non-hydrogen) atoms. The molecule has 0 bridgehead atoms. The van der Waals surface area contributed by atoms with Gasteiger partial charge in [-0.2, -0.15) is 5.10 Å². The Morgan fingerprint density at radius 3 is 2.65 bits per heavy atom. The molecule has 2 N–H and O–H groups in total. The molecule has 0 spiro atoms. The highest BCUT2D eigenvalue weighted by molar-refractivity contribution is 6.06. The van der Waals surface area contributed by atoms with Gasteiger partial charge in [0.2, 0.25) is 0 Å². The first-order valence-corrected chi connectivity index (χ1v) is 9.99. The van der Waals surface area contributed by atoms with Gasteiger partial charge in [-0.05, 0) is 18.8 Å². The maximum atomic E-state index is 12.9. The first kappa shape index (κ1) is 18.7. The Labute approximate surface area is 155 Å². The molecule has 1 aliphatic carbocycles. The van der Waals surface area contributed by atoms with Gasteiger partial charge in [0.1, 0.15) is 0 Å². The van der Waals surface area contributed by atoms with Gasteiger partial charge in [-0.15, -0.1) is 0 Å². The molecule has 2 aromatic rings. The van der Waals surface area contributed by atoms with E-state index >= 15 is 0 Å². The fourth-order valence-corrected chi connectivity index (χ4v) is 3.78. The lowest BCUT2D eigenvalue weighted by Crippen LogP contribution is -2.31. The van der Waals surface area contributed by atoms with Crippen LogP contribution in [0.5, 0.6) is 0 Å². The molecule has 0 unspecified atom stereocenters. The lowest BCUT2D eigenvalue weighted by Gasteiger charge is -2.25. The van der Waals surface area contributed by atoms with Gasteiger partial charge in [-0.25, -0.2) is 4.98 Å². The number of nitrogens with one attached hydrogen (secondary N) is 2. The number of hydrogen-bond acceptors (Lipinski definition) is 4. The van der Waals surface area contributed by atoms with Crippen LogP contribution in [0.4, 0.5) is 5.69 Å². The van der Waals surface area contributed by atoms with Crippen LogP contribution in [-0.2, 0) is 7.05 Å². The summed E-state index contributed by atoms with van der Waals surface area (Å²) in [5.74, 6) is 0.470. The number of aromatic nitrogens is 3. The topological polar surface area (TPSA) is 71.8 Å². The van der Waals surface area contributed by atoms with Crippen LogP contribution >= 0.6 is 0 Å². The Morgan fingerprint density at radius 2 is 1.96 bits per heavy atom. The fourth-order valence-electron chi connectivity index (χ4n) is 3.78. The Hall–Kier alpha value is -2.11. The quantitative estimate of drug-likeness (QED) is 0.789. The van der Waals surface area contributed by atoms with Crippen molar-refractivity contribution in [3.63, 3.8) is 0 Å². The Morgan fingerprint density at radius 1 is 1.23 bits per heavy atom. The van der Waals surface area contributed by atoms with Crippen molar-refractivity contribution in [2.45, 2.75) is 64.8 Å². The minimum absolute atomic E-state index is 0.0477. The van der Waals surface area contributed by atoms with E-state index < -0.39 is 0 Å². The van der Waals surface area contributed by atoms with E-state index in [2.05, 4.69) is 34.6 Å². The summed E-state index contributed by atoms with van der Waals surface area (Å²) in [6, 6.07) is 0.417. The fraction of sp³-hybridized carbons (Fsp3) is 0.650. The minimum atomic E-state index is -0.0477. The van der Waals surface area contributed by atoms with Gasteiger partial charge < -0.3 is 10.6 Å². The largest absolute Gasteiger partial charge is 0.381 e. The van der Waals surface area contributed by atoms with E-state index in [0.717, 1.165) is 42.4 Å². The normalized spacial score (nSPS) is 15.5. The number of fused-ring (bicyclic) bond motifs is 1. The lowest BCUT2D eigenvalue weighted by atomic mass is 9.95. The second-order valence-electron chi connectivity index (χ2n) is 7.42. The zero-order valence-corrected chi connectivity index (χ0v) is 16.2. The summed E-state index contributed by atoms with van der Waals surface area (Å²) in [7, 11) is 1.88. The summed E-state index contributed by atoms with van der Waals surface area (Å²) in [4.78, 5) is 17.4. The number of pyridine rings is 1. The van der Waals surface area contributed by atoms with E-state index in [1.54, 1.807) is 10.9 Å². The molecule has 142 valence electrons. The van der Waals surface area contributed by atoms with Gasteiger partial charge in [0, 0.05) is 25.8 Å². The molecule has 0 atom stereocenters. The number of rotatable bonds is 7. The Kier molecular flexibility index (Phi) is 6.12. The summed E-state index contributed by atoms with van der Waals surface area (Å²) in [5, 5.41) is 12.0. The molecule has 0 aliphatic heterocycles. The molecule has 6 nitrogen and oxygen atoms in total. The third kappa shape index (κ3) is 4.00. The molecule has 2 aromatic heterocycles. The molecule has 2 heterocycles. The monoisotopic (exact) mass is 357 g/mol. The summed E-state index contributed by atoms with van der Waals surface area (Å²) in [6.07, 6.45) is 11.7. The van der Waals surface area contributed by atoms with Gasteiger partial charge in [0.15, 0.2) is 5.65 Å². The second-order valence-corrected chi connectivity index (χ2v) is 7.42. The van der Waals surface area contributed by atoms with Crippen LogP contribution in [0.25, 0.3) is 11.0 Å². The van der Waals surface area contributed by atoms with Crippen LogP contribution < -0.4 is 10.6 Å². The number of carbonyl (C=O) groups excluding carboxylic acids is 1. The third-order valence-electron chi connectivity index (χ3n) is 5.67. The zero-order valence-electron chi connectivity index (χ0n) is 16.2. The predicted molar refractivity (Wildman–Crippen MR) is 105 cm³/mol. The second kappa shape index (κ2) is 8.52. The molecular weight excluding hydrogens is 326 g/mol. The van der Waals surface area contributed by atoms with Gasteiger partial charge >= 0.3 is 0 Å². The summed E-state index contributed by atoms with van der Waals surface area (Å²) in [5.41, 5.74) is 2.32. The van der Waals surface area contributed by atoms with E-state index in [-0.39, 0.29) is 5.91 Å². The highest BCUT2D eigenvalue weighted by atomic mass is 16.1. The average molecular weight is 358 g/mol. The van der Waals surface area contributed by atoms with Crippen molar-refractivity contribution in [2.75, 3.05) is 11.9 Å². The maximum absolute atomic E-state index is 12.9. The van der Waals surface area contributed by atoms with Crippen molar-refractivity contribution in [1.82, 2.24) is 20.1 Å². The van der Waals surface area contributed by atoms with Gasteiger partial charge in [0.25, 0.3) is 5.91 Å². The Balaban J connectivity index is 1.87.